The first-order valence-corrected chi connectivity index (χ1v) is 17.4. The van der Waals surface area contributed by atoms with Gasteiger partial charge >= 0.3 is 7.82 Å². The number of hydrogen-bond donors (Lipinski definition) is 2. The van der Waals surface area contributed by atoms with E-state index in [-0.39, 0.29) is 24.5 Å². The van der Waals surface area contributed by atoms with Gasteiger partial charge in [0.15, 0.2) is 0 Å². The fourth-order valence-corrected chi connectivity index (χ4v) is 6.16. The van der Waals surface area contributed by atoms with E-state index in [1.165, 1.54) is 6.20 Å². The Labute approximate surface area is 271 Å². The van der Waals surface area contributed by atoms with Gasteiger partial charge in [0.2, 0.25) is 5.43 Å². The van der Waals surface area contributed by atoms with E-state index in [1.54, 1.807) is 24.3 Å². The first-order chi connectivity index (χ1) is 22.0. The van der Waals surface area contributed by atoms with Gasteiger partial charge in [0, 0.05) is 34.3 Å². The maximum absolute atomic E-state index is 14.0. The summed E-state index contributed by atoms with van der Waals surface area (Å²) in [6.07, 6.45) is 4.48. The second-order valence-electron chi connectivity index (χ2n) is 12.0. The lowest BCUT2D eigenvalue weighted by Gasteiger charge is -2.27. The number of ether oxygens (including phenoxy) is 1. The molecule has 1 heterocycles. The van der Waals surface area contributed by atoms with Gasteiger partial charge < -0.3 is 19.6 Å². The summed E-state index contributed by atoms with van der Waals surface area (Å²) in [6.45, 7) is 12.9. The minimum absolute atomic E-state index is 0.0495. The number of nitrogens with one attached hydrogen (secondary N) is 2. The SMILES string of the molecule is CCCCOP(=O)(OCCCC)Oc1cc(NC(=O)c2c[nH]c3ccccc3c2=O)c(-c2cccc(OCC)c2)cc1C(C)(C)C. The molecule has 4 rings (SSSR count). The van der Waals surface area contributed by atoms with Crippen molar-refractivity contribution in [2.45, 2.75) is 72.6 Å². The van der Waals surface area contributed by atoms with Crippen LogP contribution in [0.25, 0.3) is 22.0 Å². The van der Waals surface area contributed by atoms with Crippen molar-refractivity contribution in [2.24, 2.45) is 0 Å². The van der Waals surface area contributed by atoms with Gasteiger partial charge in [0.25, 0.3) is 5.91 Å². The topological polar surface area (TPSA) is 116 Å². The largest absolute Gasteiger partial charge is 0.530 e. The van der Waals surface area contributed by atoms with Gasteiger partial charge in [0.05, 0.1) is 25.5 Å². The molecule has 0 saturated heterocycles. The Bertz CT molecular complexity index is 1750. The number of amides is 1. The Morgan fingerprint density at radius 2 is 1.61 bits per heavy atom. The van der Waals surface area contributed by atoms with Crippen LogP contribution in [0.2, 0.25) is 0 Å². The van der Waals surface area contributed by atoms with Crippen molar-refractivity contribution >= 4 is 30.3 Å². The first-order valence-electron chi connectivity index (χ1n) is 15.9. The molecule has 0 saturated carbocycles. The lowest BCUT2D eigenvalue weighted by Crippen LogP contribution is -2.22. The summed E-state index contributed by atoms with van der Waals surface area (Å²) in [7, 11) is -4.04. The number of benzene rings is 3. The number of unbranched alkanes of at least 4 members (excludes halogenated alkanes) is 2. The molecule has 0 aliphatic rings. The van der Waals surface area contributed by atoms with E-state index >= 15 is 0 Å². The van der Waals surface area contributed by atoms with Crippen molar-refractivity contribution in [2.75, 3.05) is 25.1 Å². The third kappa shape index (κ3) is 8.66. The van der Waals surface area contributed by atoms with Crippen molar-refractivity contribution in [1.29, 1.82) is 0 Å². The summed E-state index contributed by atoms with van der Waals surface area (Å²) in [5, 5.41) is 3.34. The molecule has 4 aromatic rings. The predicted octanol–water partition coefficient (Wildman–Crippen LogP) is 9.26. The monoisotopic (exact) mass is 648 g/mol. The molecule has 0 spiro atoms. The molecule has 10 heteroatoms. The van der Waals surface area contributed by atoms with Crippen LogP contribution in [0.5, 0.6) is 11.5 Å². The Balaban J connectivity index is 1.87. The van der Waals surface area contributed by atoms with Crippen molar-refractivity contribution in [1.82, 2.24) is 4.98 Å². The molecule has 9 nitrogen and oxygen atoms in total. The molecular formula is C36H45N2O7P. The van der Waals surface area contributed by atoms with Gasteiger partial charge in [-0.2, -0.15) is 0 Å². The van der Waals surface area contributed by atoms with Crippen molar-refractivity contribution in [3.05, 3.63) is 88.2 Å². The first kappa shape index (κ1) is 35.0. The average Bonchev–Trinajstić information content (AvgIpc) is 3.01. The Morgan fingerprint density at radius 3 is 2.26 bits per heavy atom. The summed E-state index contributed by atoms with van der Waals surface area (Å²) in [4.78, 5) is 30.1. The molecule has 0 bridgehead atoms. The molecule has 0 unspecified atom stereocenters. The molecular weight excluding hydrogens is 603 g/mol. The number of rotatable bonds is 15. The summed E-state index contributed by atoms with van der Waals surface area (Å²) in [6, 6.07) is 18.1. The van der Waals surface area contributed by atoms with Crippen molar-refractivity contribution in [3.8, 4) is 22.6 Å². The number of fused-ring (bicyclic) bond motifs is 1. The van der Waals surface area contributed by atoms with E-state index in [0.717, 1.165) is 24.0 Å². The number of phosphoric ester groups is 1. The summed E-state index contributed by atoms with van der Waals surface area (Å²) in [5.74, 6) is 0.306. The van der Waals surface area contributed by atoms with Gasteiger partial charge in [0.1, 0.15) is 17.1 Å². The maximum atomic E-state index is 14.0. The number of hydrogen-bond acceptors (Lipinski definition) is 7. The molecule has 0 fully saturated rings. The minimum atomic E-state index is -4.04. The molecule has 0 aliphatic heterocycles. The molecule has 2 N–H and O–H groups in total. The summed E-state index contributed by atoms with van der Waals surface area (Å²) < 4.78 is 37.5. The summed E-state index contributed by atoms with van der Waals surface area (Å²) >= 11 is 0. The highest BCUT2D eigenvalue weighted by Gasteiger charge is 2.33. The second kappa shape index (κ2) is 15.6. The zero-order chi connectivity index (χ0) is 33.3. The van der Waals surface area contributed by atoms with E-state index in [9.17, 15) is 14.2 Å². The molecule has 0 atom stereocenters. The van der Waals surface area contributed by atoms with Crippen molar-refractivity contribution < 1.29 is 27.7 Å². The van der Waals surface area contributed by atoms with Crippen LogP contribution in [0.15, 0.2) is 71.7 Å². The third-order valence-corrected chi connectivity index (χ3v) is 8.79. The number of aromatic nitrogens is 1. The molecule has 1 aromatic heterocycles. The fourth-order valence-electron chi connectivity index (χ4n) is 4.88. The van der Waals surface area contributed by atoms with Crippen molar-refractivity contribution in [3.63, 3.8) is 0 Å². The van der Waals surface area contributed by atoms with E-state index in [0.29, 0.717) is 47.4 Å². The second-order valence-corrected chi connectivity index (χ2v) is 13.6. The molecule has 1 amide bonds. The van der Waals surface area contributed by atoms with Crippen LogP contribution in [0.3, 0.4) is 0 Å². The number of para-hydroxylation sites is 1. The van der Waals surface area contributed by atoms with Gasteiger partial charge in [-0.05, 0) is 61.1 Å². The van der Waals surface area contributed by atoms with Gasteiger partial charge in [-0.1, -0.05) is 71.7 Å². The highest BCUT2D eigenvalue weighted by molar-refractivity contribution is 7.48. The lowest BCUT2D eigenvalue weighted by molar-refractivity contribution is 0.102. The molecule has 0 aliphatic carbocycles. The number of anilines is 1. The average molecular weight is 649 g/mol. The van der Waals surface area contributed by atoms with Crippen LogP contribution in [0, 0.1) is 0 Å². The van der Waals surface area contributed by atoms with E-state index in [2.05, 4.69) is 10.3 Å². The van der Waals surface area contributed by atoms with E-state index in [4.69, 9.17) is 18.3 Å². The zero-order valence-corrected chi connectivity index (χ0v) is 28.5. The third-order valence-electron chi connectivity index (χ3n) is 7.37. The van der Waals surface area contributed by atoms with E-state index in [1.807, 2.05) is 77.9 Å². The molecule has 3 aromatic carbocycles. The normalized spacial score (nSPS) is 11.9. The van der Waals surface area contributed by atoms with Gasteiger partial charge in [-0.25, -0.2) is 4.57 Å². The van der Waals surface area contributed by atoms with Crippen LogP contribution in [0.4, 0.5) is 5.69 Å². The Kier molecular flexibility index (Phi) is 11.8. The molecule has 246 valence electrons. The predicted molar refractivity (Wildman–Crippen MR) is 184 cm³/mol. The van der Waals surface area contributed by atoms with Crippen LogP contribution < -0.4 is 20.0 Å². The highest BCUT2D eigenvalue weighted by Crippen LogP contribution is 2.53. The van der Waals surface area contributed by atoms with Gasteiger partial charge in [-0.15, -0.1) is 0 Å². The van der Waals surface area contributed by atoms with Crippen LogP contribution in [-0.4, -0.2) is 30.7 Å². The highest BCUT2D eigenvalue weighted by atomic mass is 31.2. The number of phosphoric acid groups is 1. The number of carbonyl (C=O) groups is 1. The fraction of sp³-hybridized carbons (Fsp3) is 0.389. The van der Waals surface area contributed by atoms with Gasteiger partial charge in [-0.3, -0.25) is 18.6 Å². The quantitative estimate of drug-likeness (QED) is 0.0975. The summed E-state index contributed by atoms with van der Waals surface area (Å²) in [5.41, 5.74) is 2.22. The van der Waals surface area contributed by atoms with Crippen LogP contribution in [0.1, 0.15) is 83.1 Å². The Morgan fingerprint density at radius 1 is 0.913 bits per heavy atom. The number of aromatic amines is 1. The number of carbonyl (C=O) groups excluding carboxylic acids is 1. The Hall–Kier alpha value is -3.91. The lowest BCUT2D eigenvalue weighted by atomic mass is 9.84. The smallest absolute Gasteiger partial charge is 0.494 e. The molecule has 0 radical (unpaired) electrons. The standard InChI is InChI=1S/C36H45N2O7P/c1-7-10-19-43-46(41,44-20-11-8-2)45-33-23-32(38-35(40)29-24-37-31-18-13-12-17-27(31)34(29)39)28(22-30(33)36(4,5)6)25-15-14-16-26(21-25)42-9-3/h12-18,21-24H,7-11,19-20H2,1-6H3,(H,37,39)(H,38,40). The minimum Gasteiger partial charge on any atom is -0.494 e. The molecule has 46 heavy (non-hydrogen) atoms. The van der Waals surface area contributed by atoms with E-state index < -0.39 is 24.6 Å². The number of H-pyrrole nitrogens is 1. The zero-order valence-electron chi connectivity index (χ0n) is 27.6. The van der Waals surface area contributed by atoms with Crippen LogP contribution in [-0.2, 0) is 19.0 Å². The number of pyridine rings is 1. The van der Waals surface area contributed by atoms with Crippen LogP contribution >= 0.6 is 7.82 Å². The maximum Gasteiger partial charge on any atom is 0.530 e.